The summed E-state index contributed by atoms with van der Waals surface area (Å²) in [4.78, 5) is 25.9. The average molecular weight is 418 g/mol. The van der Waals surface area contributed by atoms with Crippen molar-refractivity contribution in [3.05, 3.63) is 52.4 Å². The Balaban J connectivity index is 2.46. The monoisotopic (exact) mass is 417 g/mol. The molecule has 0 radical (unpaired) electrons. The normalized spacial score (nSPS) is 16.2. The zero-order valence-corrected chi connectivity index (χ0v) is 18.4. The maximum absolute atomic E-state index is 13.1. The van der Waals surface area contributed by atoms with Crippen LogP contribution in [0.15, 0.2) is 46.8 Å². The van der Waals surface area contributed by atoms with Gasteiger partial charge in [0.05, 0.1) is 37.4 Å². The molecule has 164 valence electrons. The van der Waals surface area contributed by atoms with Gasteiger partial charge in [0.2, 0.25) is 0 Å². The number of allylic oxidation sites excluding steroid dienone is 2. The maximum atomic E-state index is 13.1. The van der Waals surface area contributed by atoms with Gasteiger partial charge in [-0.1, -0.05) is 25.1 Å². The molecule has 1 aliphatic heterocycles. The number of esters is 2. The van der Waals surface area contributed by atoms with Gasteiger partial charge < -0.3 is 24.3 Å². The Morgan fingerprint density at radius 2 is 1.57 bits per heavy atom. The second-order valence-electron chi connectivity index (χ2n) is 6.85. The number of dihydropyridines is 1. The zero-order chi connectivity index (χ0) is 22.1. The SMILES string of the molecule is CCCOCCOC(=O)C1=C(C)NC(C)=C(C(=O)OCC)C1c1ccccc1OC. The molecule has 1 heterocycles. The molecule has 30 heavy (non-hydrogen) atoms. The standard InChI is InChI=1S/C23H31NO6/c1-6-12-28-13-14-30-23(26)20-16(4)24-15(3)19(22(25)29-7-2)21(20)17-10-8-9-11-18(17)27-5/h8-11,21,24H,6-7,12-14H2,1-5H3. The van der Waals surface area contributed by atoms with Crippen LogP contribution in [0, 0.1) is 0 Å². The summed E-state index contributed by atoms with van der Waals surface area (Å²) in [6.45, 7) is 8.62. The summed E-state index contributed by atoms with van der Waals surface area (Å²) in [6, 6.07) is 7.32. The summed E-state index contributed by atoms with van der Waals surface area (Å²) < 4.78 is 21.7. The minimum Gasteiger partial charge on any atom is -0.496 e. The van der Waals surface area contributed by atoms with Crippen LogP contribution in [0.25, 0.3) is 0 Å². The number of rotatable bonds is 10. The van der Waals surface area contributed by atoms with Gasteiger partial charge >= 0.3 is 11.9 Å². The van der Waals surface area contributed by atoms with Crippen LogP contribution in [0.5, 0.6) is 5.75 Å². The third kappa shape index (κ3) is 5.42. The lowest BCUT2D eigenvalue weighted by Gasteiger charge is -2.31. The molecule has 1 aliphatic rings. The predicted octanol–water partition coefficient (Wildman–Crippen LogP) is 3.46. The summed E-state index contributed by atoms with van der Waals surface area (Å²) in [5, 5.41) is 3.13. The third-order valence-corrected chi connectivity index (χ3v) is 4.73. The van der Waals surface area contributed by atoms with Crippen molar-refractivity contribution in [2.24, 2.45) is 0 Å². The Bertz CT molecular complexity index is 827. The molecular weight excluding hydrogens is 386 g/mol. The molecule has 0 saturated carbocycles. The molecule has 0 aliphatic carbocycles. The van der Waals surface area contributed by atoms with Crippen LogP contribution in [-0.2, 0) is 23.8 Å². The lowest BCUT2D eigenvalue weighted by atomic mass is 9.80. The van der Waals surface area contributed by atoms with Gasteiger partial charge in [0, 0.05) is 23.6 Å². The Hall–Kier alpha value is -2.80. The molecule has 7 heteroatoms. The highest BCUT2D eigenvalue weighted by Crippen LogP contribution is 2.42. The molecule has 7 nitrogen and oxygen atoms in total. The molecule has 1 aromatic rings. The van der Waals surface area contributed by atoms with Crippen LogP contribution >= 0.6 is 0 Å². The second kappa shape index (κ2) is 11.4. The minimum absolute atomic E-state index is 0.131. The fraction of sp³-hybridized carbons (Fsp3) is 0.478. The molecule has 0 bridgehead atoms. The van der Waals surface area contributed by atoms with Gasteiger partial charge in [0.15, 0.2) is 0 Å². The number of ether oxygens (including phenoxy) is 4. The van der Waals surface area contributed by atoms with Crippen molar-refractivity contribution >= 4 is 11.9 Å². The first-order chi connectivity index (χ1) is 14.5. The summed E-state index contributed by atoms with van der Waals surface area (Å²) in [5.74, 6) is -1.10. The van der Waals surface area contributed by atoms with E-state index in [1.807, 2.05) is 25.1 Å². The van der Waals surface area contributed by atoms with Crippen molar-refractivity contribution in [1.82, 2.24) is 5.32 Å². The number of benzene rings is 1. The van der Waals surface area contributed by atoms with Crippen molar-refractivity contribution in [2.45, 2.75) is 40.0 Å². The molecule has 0 amide bonds. The number of hydrogen-bond acceptors (Lipinski definition) is 7. The molecule has 1 unspecified atom stereocenters. The van der Waals surface area contributed by atoms with E-state index < -0.39 is 17.9 Å². The van der Waals surface area contributed by atoms with Crippen molar-refractivity contribution < 1.29 is 28.5 Å². The number of nitrogens with one attached hydrogen (secondary N) is 1. The topological polar surface area (TPSA) is 83.1 Å². The van der Waals surface area contributed by atoms with Crippen LogP contribution in [0.3, 0.4) is 0 Å². The number of para-hydroxylation sites is 1. The van der Waals surface area contributed by atoms with E-state index in [9.17, 15) is 9.59 Å². The highest BCUT2D eigenvalue weighted by molar-refractivity contribution is 6.00. The second-order valence-corrected chi connectivity index (χ2v) is 6.85. The highest BCUT2D eigenvalue weighted by Gasteiger charge is 2.39. The Morgan fingerprint density at radius 3 is 2.17 bits per heavy atom. The third-order valence-electron chi connectivity index (χ3n) is 4.73. The molecule has 1 N–H and O–H groups in total. The zero-order valence-electron chi connectivity index (χ0n) is 18.4. The molecule has 0 aromatic heterocycles. The van der Waals surface area contributed by atoms with E-state index in [1.165, 1.54) is 0 Å². The van der Waals surface area contributed by atoms with Crippen LogP contribution in [-0.4, -0.2) is 45.5 Å². The first-order valence-electron chi connectivity index (χ1n) is 10.2. The summed E-state index contributed by atoms with van der Waals surface area (Å²) in [7, 11) is 1.56. The molecule has 0 spiro atoms. The van der Waals surface area contributed by atoms with Crippen molar-refractivity contribution in [3.63, 3.8) is 0 Å². The van der Waals surface area contributed by atoms with E-state index in [-0.39, 0.29) is 13.2 Å². The molecule has 0 saturated heterocycles. The van der Waals surface area contributed by atoms with Gasteiger partial charge in [-0.15, -0.1) is 0 Å². The lowest BCUT2D eigenvalue weighted by Crippen LogP contribution is -2.33. The van der Waals surface area contributed by atoms with Gasteiger partial charge in [0.25, 0.3) is 0 Å². The molecule has 0 fully saturated rings. The molecule has 1 aromatic carbocycles. The Morgan fingerprint density at radius 1 is 0.933 bits per heavy atom. The van der Waals surface area contributed by atoms with E-state index in [2.05, 4.69) is 5.32 Å². The smallest absolute Gasteiger partial charge is 0.336 e. The number of hydrogen-bond donors (Lipinski definition) is 1. The Labute approximate surface area is 178 Å². The fourth-order valence-corrected chi connectivity index (χ4v) is 3.48. The number of methoxy groups -OCH3 is 1. The van der Waals surface area contributed by atoms with E-state index in [1.54, 1.807) is 33.9 Å². The summed E-state index contributed by atoms with van der Waals surface area (Å²) in [6.07, 6.45) is 0.894. The van der Waals surface area contributed by atoms with Gasteiger partial charge in [-0.25, -0.2) is 9.59 Å². The van der Waals surface area contributed by atoms with Gasteiger partial charge in [0.1, 0.15) is 12.4 Å². The molecular formula is C23H31NO6. The lowest BCUT2D eigenvalue weighted by molar-refractivity contribution is -0.141. The summed E-state index contributed by atoms with van der Waals surface area (Å²) in [5.41, 5.74) is 2.66. The van der Waals surface area contributed by atoms with Crippen molar-refractivity contribution in [1.29, 1.82) is 0 Å². The van der Waals surface area contributed by atoms with Crippen LogP contribution < -0.4 is 10.1 Å². The van der Waals surface area contributed by atoms with Crippen LogP contribution in [0.2, 0.25) is 0 Å². The first-order valence-corrected chi connectivity index (χ1v) is 10.2. The minimum atomic E-state index is -0.675. The maximum Gasteiger partial charge on any atom is 0.336 e. The van der Waals surface area contributed by atoms with E-state index in [4.69, 9.17) is 18.9 Å². The van der Waals surface area contributed by atoms with E-state index in [0.717, 1.165) is 6.42 Å². The Kier molecular flexibility index (Phi) is 8.92. The highest BCUT2D eigenvalue weighted by atomic mass is 16.6. The van der Waals surface area contributed by atoms with Crippen LogP contribution in [0.4, 0.5) is 0 Å². The number of carbonyl (C=O) groups excluding carboxylic acids is 2. The van der Waals surface area contributed by atoms with Gasteiger partial charge in [-0.3, -0.25) is 0 Å². The quantitative estimate of drug-likeness (QED) is 0.461. The number of carbonyl (C=O) groups is 2. The predicted molar refractivity (Wildman–Crippen MR) is 113 cm³/mol. The van der Waals surface area contributed by atoms with E-state index in [0.29, 0.717) is 47.1 Å². The fourth-order valence-electron chi connectivity index (χ4n) is 3.48. The largest absolute Gasteiger partial charge is 0.496 e. The van der Waals surface area contributed by atoms with Crippen molar-refractivity contribution in [3.8, 4) is 5.75 Å². The molecule has 2 rings (SSSR count). The van der Waals surface area contributed by atoms with Gasteiger partial charge in [-0.2, -0.15) is 0 Å². The van der Waals surface area contributed by atoms with Crippen molar-refractivity contribution in [2.75, 3.05) is 33.5 Å². The summed E-state index contributed by atoms with van der Waals surface area (Å²) >= 11 is 0. The van der Waals surface area contributed by atoms with Crippen LogP contribution in [0.1, 0.15) is 45.6 Å². The van der Waals surface area contributed by atoms with E-state index >= 15 is 0 Å². The molecule has 1 atom stereocenters. The average Bonchev–Trinajstić information content (AvgIpc) is 2.72. The first kappa shape index (κ1) is 23.5. The van der Waals surface area contributed by atoms with Gasteiger partial charge in [-0.05, 0) is 33.3 Å².